The number of carboxylic acids is 1. The van der Waals surface area contributed by atoms with Crippen molar-refractivity contribution in [2.24, 2.45) is 0 Å². The number of nitrogens with zero attached hydrogens (tertiary/aromatic N) is 1. The predicted octanol–water partition coefficient (Wildman–Crippen LogP) is 4.47. The van der Waals surface area contributed by atoms with Crippen LogP contribution in [0, 0.1) is 0 Å². The van der Waals surface area contributed by atoms with Gasteiger partial charge in [0, 0.05) is 13.0 Å². The van der Waals surface area contributed by atoms with E-state index in [-0.39, 0.29) is 18.6 Å². The van der Waals surface area contributed by atoms with E-state index in [1.54, 1.807) is 0 Å². The molecule has 0 radical (unpaired) electrons. The SMILES string of the molecule is CC(=O)CCC(C(=O)O)N(C)CC(O)COCCOC(F)(F)C(F)(F)C(F)(F)C(F)(F)C(F)(F)C(F)(F)C(F)(F)F. The van der Waals surface area contributed by atoms with Crippen molar-refractivity contribution in [1.82, 2.24) is 4.90 Å². The van der Waals surface area contributed by atoms with Crippen LogP contribution in [0.5, 0.6) is 0 Å². The number of likely N-dealkylation sites (N-methyl/N-ethyl adjacent to an activating group) is 1. The average molecular weight is 645 g/mol. The summed E-state index contributed by atoms with van der Waals surface area (Å²) in [6.45, 7) is -3.57. The van der Waals surface area contributed by atoms with Gasteiger partial charge in [-0.3, -0.25) is 9.69 Å². The Morgan fingerprint density at radius 1 is 0.756 bits per heavy atom. The van der Waals surface area contributed by atoms with E-state index in [2.05, 4.69) is 9.47 Å². The number of alkyl halides is 15. The largest absolute Gasteiger partial charge is 0.480 e. The highest BCUT2D eigenvalue weighted by Gasteiger charge is 2.93. The number of rotatable bonds is 18. The number of aliphatic hydroxyl groups excluding tert-OH is 1. The van der Waals surface area contributed by atoms with E-state index in [9.17, 15) is 80.6 Å². The fourth-order valence-electron chi connectivity index (χ4n) is 2.88. The Morgan fingerprint density at radius 3 is 1.61 bits per heavy atom. The van der Waals surface area contributed by atoms with E-state index in [4.69, 9.17) is 5.11 Å². The molecule has 0 aliphatic rings. The van der Waals surface area contributed by atoms with Crippen LogP contribution in [0.3, 0.4) is 0 Å². The number of Topliss-reactive ketones (excluding diaryl/α,β-unsaturated/α-hetero) is 1. The molecule has 0 fully saturated rings. The summed E-state index contributed by atoms with van der Waals surface area (Å²) in [5, 5.41) is 18.9. The number of carbonyl (C=O) groups is 2. The number of hydrogen-bond donors (Lipinski definition) is 2. The average Bonchev–Trinajstić information content (AvgIpc) is 2.76. The number of hydrogen-bond acceptors (Lipinski definition) is 6. The lowest BCUT2D eigenvalue weighted by Crippen LogP contribution is -2.72. The van der Waals surface area contributed by atoms with Gasteiger partial charge in [0.05, 0.1) is 25.9 Å². The van der Waals surface area contributed by atoms with Crippen molar-refractivity contribution in [2.75, 3.05) is 33.4 Å². The molecule has 0 aromatic rings. The number of ether oxygens (including phenoxy) is 2. The number of aliphatic hydroxyl groups is 1. The summed E-state index contributed by atoms with van der Waals surface area (Å²) < 4.78 is 204. The van der Waals surface area contributed by atoms with Gasteiger partial charge in [0.15, 0.2) is 0 Å². The van der Waals surface area contributed by atoms with Crippen LogP contribution in [0.1, 0.15) is 19.8 Å². The van der Waals surface area contributed by atoms with Crippen LogP contribution < -0.4 is 0 Å². The lowest BCUT2D eigenvalue weighted by Gasteiger charge is -2.41. The van der Waals surface area contributed by atoms with Gasteiger partial charge < -0.3 is 24.5 Å². The number of carboxylic acid groups (broad SMARTS) is 1. The van der Waals surface area contributed by atoms with E-state index >= 15 is 0 Å². The maximum atomic E-state index is 13.6. The Hall–Kier alpha value is -2.07. The summed E-state index contributed by atoms with van der Waals surface area (Å²) in [6.07, 6.45) is -16.6. The first-order chi connectivity index (χ1) is 18.0. The molecule has 41 heavy (non-hydrogen) atoms. The summed E-state index contributed by atoms with van der Waals surface area (Å²) in [6, 6.07) is -1.30. The maximum Gasteiger partial charge on any atom is 0.460 e. The number of ketones is 1. The molecular weight excluding hydrogens is 623 g/mol. The molecule has 0 bridgehead atoms. The summed E-state index contributed by atoms with van der Waals surface area (Å²) in [7, 11) is 1.16. The third-order valence-corrected chi connectivity index (χ3v) is 5.21. The lowest BCUT2D eigenvalue weighted by atomic mass is 9.93. The van der Waals surface area contributed by atoms with Gasteiger partial charge >= 0.3 is 47.9 Å². The quantitative estimate of drug-likeness (QED) is 0.168. The Kier molecular flexibility index (Phi) is 12.4. The van der Waals surface area contributed by atoms with Crippen LogP contribution in [0.4, 0.5) is 65.9 Å². The molecule has 244 valence electrons. The van der Waals surface area contributed by atoms with Crippen molar-refractivity contribution < 1.29 is 95.1 Å². The molecule has 0 aromatic carbocycles. The van der Waals surface area contributed by atoms with Crippen molar-refractivity contribution in [2.45, 2.75) is 73.8 Å². The highest BCUT2D eigenvalue weighted by Crippen LogP contribution is 2.62. The minimum Gasteiger partial charge on any atom is -0.480 e. The fourth-order valence-corrected chi connectivity index (χ4v) is 2.88. The molecule has 22 heteroatoms. The van der Waals surface area contributed by atoms with Gasteiger partial charge in [-0.2, -0.15) is 65.9 Å². The minimum absolute atomic E-state index is 0.169. The zero-order valence-electron chi connectivity index (χ0n) is 20.5. The van der Waals surface area contributed by atoms with Gasteiger partial charge in [-0.1, -0.05) is 0 Å². The van der Waals surface area contributed by atoms with Gasteiger partial charge in [-0.15, -0.1) is 0 Å². The second kappa shape index (κ2) is 13.1. The molecule has 2 N–H and O–H groups in total. The summed E-state index contributed by atoms with van der Waals surface area (Å²) in [5.41, 5.74) is 0. The zero-order chi connectivity index (χ0) is 33.0. The minimum atomic E-state index is -8.43. The number of aliphatic carboxylic acids is 1. The molecule has 0 spiro atoms. The first kappa shape index (κ1) is 38.9. The van der Waals surface area contributed by atoms with Crippen LogP contribution in [0.25, 0.3) is 0 Å². The molecule has 2 atom stereocenters. The standard InChI is InChI=1S/C19H22F15NO6/c1-9(36)3-4-11(12(38)39)35(2)7-10(37)8-40-5-6-41-19(33,34)17(28,29)15(24,25)13(20,21)14(22,23)16(26,27)18(30,31)32/h10-11,37H,3-8H2,1-2H3,(H,38,39). The number of halogens is 15. The number of carbonyl (C=O) groups excluding carboxylic acids is 1. The van der Waals surface area contributed by atoms with Crippen LogP contribution in [-0.2, 0) is 19.1 Å². The second-order valence-electron chi connectivity index (χ2n) is 8.50. The predicted molar refractivity (Wildman–Crippen MR) is 102 cm³/mol. The smallest absolute Gasteiger partial charge is 0.460 e. The van der Waals surface area contributed by atoms with Crippen LogP contribution in [-0.4, -0.2) is 114 Å². The topological polar surface area (TPSA) is 96.3 Å². The highest BCUT2D eigenvalue weighted by molar-refractivity contribution is 5.78. The summed E-state index contributed by atoms with van der Waals surface area (Å²) in [4.78, 5) is 23.2. The van der Waals surface area contributed by atoms with E-state index < -0.39 is 86.4 Å². The van der Waals surface area contributed by atoms with Gasteiger partial charge in [0.25, 0.3) is 0 Å². The van der Waals surface area contributed by atoms with Crippen molar-refractivity contribution in [3.63, 3.8) is 0 Å². The first-order valence-electron chi connectivity index (χ1n) is 10.7. The molecule has 0 saturated carbocycles. The Bertz CT molecular complexity index is 897. The molecular formula is C19H22F15NO6. The monoisotopic (exact) mass is 645 g/mol. The molecule has 0 saturated heterocycles. The second-order valence-corrected chi connectivity index (χ2v) is 8.50. The normalized spacial score (nSPS) is 16.2. The summed E-state index contributed by atoms with van der Waals surface area (Å²) >= 11 is 0. The van der Waals surface area contributed by atoms with Gasteiger partial charge in [-0.05, 0) is 20.4 Å². The van der Waals surface area contributed by atoms with E-state index in [1.165, 1.54) is 0 Å². The van der Waals surface area contributed by atoms with Gasteiger partial charge in [0.2, 0.25) is 0 Å². The van der Waals surface area contributed by atoms with E-state index in [0.717, 1.165) is 18.9 Å². The molecule has 0 heterocycles. The van der Waals surface area contributed by atoms with Gasteiger partial charge in [0.1, 0.15) is 11.8 Å². The fraction of sp³-hybridized carbons (Fsp3) is 0.895. The van der Waals surface area contributed by atoms with E-state index in [1.807, 2.05) is 0 Å². The lowest BCUT2D eigenvalue weighted by molar-refractivity contribution is -0.472. The third kappa shape index (κ3) is 8.06. The first-order valence-corrected chi connectivity index (χ1v) is 10.7. The van der Waals surface area contributed by atoms with Gasteiger partial charge in [-0.25, -0.2) is 0 Å². The Labute approximate surface area is 220 Å². The van der Waals surface area contributed by atoms with E-state index in [0.29, 0.717) is 0 Å². The molecule has 0 aliphatic heterocycles. The van der Waals surface area contributed by atoms with Crippen LogP contribution >= 0.6 is 0 Å². The molecule has 2 unspecified atom stereocenters. The van der Waals surface area contributed by atoms with Crippen molar-refractivity contribution in [1.29, 1.82) is 0 Å². The third-order valence-electron chi connectivity index (χ3n) is 5.21. The molecule has 0 aliphatic carbocycles. The maximum absolute atomic E-state index is 13.6. The van der Waals surface area contributed by atoms with Crippen molar-refractivity contribution in [3.8, 4) is 0 Å². The summed E-state index contributed by atoms with van der Waals surface area (Å²) in [5.74, 6) is -42.8. The highest BCUT2D eigenvalue weighted by atomic mass is 19.4. The molecule has 0 amide bonds. The Balaban J connectivity index is 5.34. The van der Waals surface area contributed by atoms with Crippen LogP contribution in [0.2, 0.25) is 0 Å². The van der Waals surface area contributed by atoms with Crippen molar-refractivity contribution >= 4 is 11.8 Å². The molecule has 0 rings (SSSR count). The molecule has 0 aromatic heterocycles. The van der Waals surface area contributed by atoms with Crippen molar-refractivity contribution in [3.05, 3.63) is 0 Å². The van der Waals surface area contributed by atoms with Crippen LogP contribution in [0.15, 0.2) is 0 Å². The Morgan fingerprint density at radius 2 is 1.20 bits per heavy atom. The zero-order valence-corrected chi connectivity index (χ0v) is 20.5. The molecule has 7 nitrogen and oxygen atoms in total.